The van der Waals surface area contributed by atoms with Crippen molar-refractivity contribution < 1.29 is 17.7 Å². The topological polar surface area (TPSA) is 144 Å². The summed E-state index contributed by atoms with van der Waals surface area (Å²) >= 11 is 0. The lowest BCUT2D eigenvalue weighted by Gasteiger charge is -2.45. The second-order valence-corrected chi connectivity index (χ2v) is 7.55. The Labute approximate surface area is 146 Å². The molecular formula is C15H21N5O4S. The fraction of sp³-hybridized carbons (Fsp3) is 0.467. The monoisotopic (exact) mass is 367 g/mol. The first-order chi connectivity index (χ1) is 11.8. The van der Waals surface area contributed by atoms with Gasteiger partial charge in [0.05, 0.1) is 17.7 Å². The lowest BCUT2D eigenvalue weighted by atomic mass is 9.87. The Balaban J connectivity index is 2.20. The molecule has 10 heteroatoms. The zero-order chi connectivity index (χ0) is 18.2. The summed E-state index contributed by atoms with van der Waals surface area (Å²) in [6.07, 6.45) is 4.33. The van der Waals surface area contributed by atoms with Crippen LogP contribution < -0.4 is 21.1 Å². The summed E-state index contributed by atoms with van der Waals surface area (Å²) in [5.74, 6) is 0.604. The largest absolute Gasteiger partial charge is 0.495 e. The van der Waals surface area contributed by atoms with Crippen LogP contribution in [-0.2, 0) is 10.1 Å². The van der Waals surface area contributed by atoms with Crippen LogP contribution in [0.2, 0.25) is 0 Å². The summed E-state index contributed by atoms with van der Waals surface area (Å²) in [7, 11) is -2.92. The van der Waals surface area contributed by atoms with Crippen molar-refractivity contribution in [2.45, 2.75) is 42.7 Å². The number of nitrogens with two attached hydrogens (primary N) is 2. The van der Waals surface area contributed by atoms with E-state index in [9.17, 15) is 13.0 Å². The number of hydrogen-bond donors (Lipinski definition) is 3. The van der Waals surface area contributed by atoms with E-state index in [-0.39, 0.29) is 16.8 Å². The molecule has 0 atom stereocenters. The van der Waals surface area contributed by atoms with Gasteiger partial charge < -0.3 is 16.2 Å². The van der Waals surface area contributed by atoms with Crippen LogP contribution >= 0.6 is 0 Å². The number of anilines is 1. The lowest BCUT2D eigenvalue weighted by Crippen LogP contribution is -2.58. The predicted octanol–water partition coefficient (Wildman–Crippen LogP) is 1.05. The van der Waals surface area contributed by atoms with Gasteiger partial charge in [-0.05, 0) is 43.9 Å². The third kappa shape index (κ3) is 3.14. The molecular weight excluding hydrogens is 346 g/mol. The van der Waals surface area contributed by atoms with E-state index in [0.717, 1.165) is 19.3 Å². The molecule has 0 saturated heterocycles. The van der Waals surface area contributed by atoms with E-state index >= 15 is 0 Å². The highest BCUT2D eigenvalue weighted by Crippen LogP contribution is 2.43. The minimum absolute atomic E-state index is 0.0977. The SMILES string of the molecule is COc1ccc(S(=O)(=O)O)cc1N1C(N)=NC(N)=NC12CCCCC2. The Morgan fingerprint density at radius 3 is 2.52 bits per heavy atom. The van der Waals surface area contributed by atoms with E-state index in [1.807, 2.05) is 0 Å². The quantitative estimate of drug-likeness (QED) is 0.677. The zero-order valence-electron chi connectivity index (χ0n) is 13.8. The molecule has 0 bridgehead atoms. The number of hydrogen-bond acceptors (Lipinski definition) is 8. The van der Waals surface area contributed by atoms with Crippen molar-refractivity contribution in [3.05, 3.63) is 18.2 Å². The molecule has 1 aliphatic heterocycles. The average Bonchev–Trinajstić information content (AvgIpc) is 2.53. The molecule has 136 valence electrons. The molecule has 1 fully saturated rings. The van der Waals surface area contributed by atoms with Gasteiger partial charge in [-0.3, -0.25) is 9.45 Å². The van der Waals surface area contributed by atoms with Gasteiger partial charge >= 0.3 is 0 Å². The van der Waals surface area contributed by atoms with Gasteiger partial charge in [-0.25, -0.2) is 4.99 Å². The first-order valence-electron chi connectivity index (χ1n) is 7.92. The second kappa shape index (κ2) is 6.19. The summed E-state index contributed by atoms with van der Waals surface area (Å²) < 4.78 is 37.9. The van der Waals surface area contributed by atoms with Gasteiger partial charge in [-0.15, -0.1) is 0 Å². The third-order valence-electron chi connectivity index (χ3n) is 4.54. The first kappa shape index (κ1) is 17.5. The molecule has 9 nitrogen and oxygen atoms in total. The van der Waals surface area contributed by atoms with Crippen molar-refractivity contribution in [2.24, 2.45) is 21.5 Å². The molecule has 0 aromatic heterocycles. The van der Waals surface area contributed by atoms with Gasteiger partial charge in [0.15, 0.2) is 0 Å². The highest BCUT2D eigenvalue weighted by Gasteiger charge is 2.43. The molecule has 3 rings (SSSR count). The van der Waals surface area contributed by atoms with Crippen molar-refractivity contribution in [1.82, 2.24) is 0 Å². The molecule has 0 amide bonds. The second-order valence-electron chi connectivity index (χ2n) is 6.13. The fourth-order valence-electron chi connectivity index (χ4n) is 3.47. The Kier molecular flexibility index (Phi) is 4.33. The number of guanidine groups is 2. The van der Waals surface area contributed by atoms with Crippen molar-refractivity contribution in [3.8, 4) is 5.75 Å². The normalized spacial score (nSPS) is 20.2. The summed E-state index contributed by atoms with van der Waals surface area (Å²) in [6.45, 7) is 0. The van der Waals surface area contributed by atoms with E-state index in [4.69, 9.17) is 16.2 Å². The molecule has 2 aliphatic rings. The molecule has 5 N–H and O–H groups in total. The minimum Gasteiger partial charge on any atom is -0.495 e. The van der Waals surface area contributed by atoms with Crippen LogP contribution in [0.5, 0.6) is 5.75 Å². The number of methoxy groups -OCH3 is 1. The molecule has 1 saturated carbocycles. The van der Waals surface area contributed by atoms with E-state index in [1.54, 1.807) is 4.90 Å². The molecule has 1 aromatic rings. The number of aliphatic imine (C=N–C) groups is 2. The summed E-state index contributed by atoms with van der Waals surface area (Å²) in [5, 5.41) is 0. The van der Waals surface area contributed by atoms with Gasteiger partial charge in [0, 0.05) is 0 Å². The van der Waals surface area contributed by atoms with Crippen molar-refractivity contribution in [1.29, 1.82) is 0 Å². The van der Waals surface area contributed by atoms with Crippen LogP contribution in [0, 0.1) is 0 Å². The van der Waals surface area contributed by atoms with Crippen molar-refractivity contribution in [2.75, 3.05) is 12.0 Å². The van der Waals surface area contributed by atoms with Gasteiger partial charge in [0.2, 0.25) is 11.9 Å². The maximum atomic E-state index is 11.6. The average molecular weight is 367 g/mol. The molecule has 1 aromatic carbocycles. The minimum atomic E-state index is -4.38. The van der Waals surface area contributed by atoms with E-state index < -0.39 is 15.8 Å². The van der Waals surface area contributed by atoms with E-state index in [2.05, 4.69) is 9.98 Å². The fourth-order valence-corrected chi connectivity index (χ4v) is 3.98. The van der Waals surface area contributed by atoms with Crippen LogP contribution in [0.15, 0.2) is 33.1 Å². The molecule has 25 heavy (non-hydrogen) atoms. The van der Waals surface area contributed by atoms with Crippen LogP contribution in [0.3, 0.4) is 0 Å². The zero-order valence-corrected chi connectivity index (χ0v) is 14.7. The number of benzene rings is 1. The number of nitrogens with zero attached hydrogens (tertiary/aromatic N) is 3. The predicted molar refractivity (Wildman–Crippen MR) is 94.3 cm³/mol. The van der Waals surface area contributed by atoms with Crippen LogP contribution in [0.25, 0.3) is 0 Å². The van der Waals surface area contributed by atoms with Crippen LogP contribution in [0.4, 0.5) is 5.69 Å². The Morgan fingerprint density at radius 2 is 1.92 bits per heavy atom. The van der Waals surface area contributed by atoms with Crippen LogP contribution in [0.1, 0.15) is 32.1 Å². The standard InChI is InChI=1S/C15H21N5O4S/c1-24-12-6-5-10(25(21,22)23)9-11(12)20-14(17)18-13(16)19-15(20)7-3-2-4-8-15/h5-6,9H,2-4,7-8H2,1H3,(H,21,22,23)(H4,16,17,18,19). The maximum absolute atomic E-state index is 11.6. The summed E-state index contributed by atoms with van der Waals surface area (Å²) in [5.41, 5.74) is 11.6. The first-order valence-corrected chi connectivity index (χ1v) is 9.36. The molecule has 1 heterocycles. The van der Waals surface area contributed by atoms with Gasteiger partial charge in [0.1, 0.15) is 11.4 Å². The van der Waals surface area contributed by atoms with E-state index in [0.29, 0.717) is 24.3 Å². The third-order valence-corrected chi connectivity index (χ3v) is 5.39. The number of rotatable bonds is 3. The van der Waals surface area contributed by atoms with Gasteiger partial charge in [0.25, 0.3) is 10.1 Å². The van der Waals surface area contributed by atoms with Gasteiger partial charge in [-0.1, -0.05) is 6.42 Å². The summed E-state index contributed by atoms with van der Waals surface area (Å²) in [6, 6.07) is 4.04. The molecule has 1 spiro atoms. The van der Waals surface area contributed by atoms with Gasteiger partial charge in [-0.2, -0.15) is 13.4 Å². The number of ether oxygens (including phenoxy) is 1. The Hall–Kier alpha value is -2.33. The highest BCUT2D eigenvalue weighted by atomic mass is 32.2. The smallest absolute Gasteiger partial charge is 0.294 e. The van der Waals surface area contributed by atoms with E-state index in [1.165, 1.54) is 25.3 Å². The van der Waals surface area contributed by atoms with Crippen LogP contribution in [-0.4, -0.2) is 37.7 Å². The summed E-state index contributed by atoms with van der Waals surface area (Å²) in [4.78, 5) is 9.98. The van der Waals surface area contributed by atoms with Crippen molar-refractivity contribution >= 4 is 27.7 Å². The molecule has 0 radical (unpaired) electrons. The maximum Gasteiger partial charge on any atom is 0.294 e. The molecule has 1 aliphatic carbocycles. The molecule has 0 unspecified atom stereocenters. The Morgan fingerprint density at radius 1 is 1.24 bits per heavy atom. The van der Waals surface area contributed by atoms with Crippen molar-refractivity contribution in [3.63, 3.8) is 0 Å². The highest BCUT2D eigenvalue weighted by molar-refractivity contribution is 7.85. The lowest BCUT2D eigenvalue weighted by molar-refractivity contribution is 0.303. The Bertz CT molecular complexity index is 843.